The van der Waals surface area contributed by atoms with Crippen LogP contribution in [0.25, 0.3) is 11.4 Å². The largest absolute Gasteiger partial charge is 0.381 e. The maximum atomic E-state index is 13.7. The molecule has 0 aliphatic carbocycles. The van der Waals surface area contributed by atoms with Gasteiger partial charge in [0.25, 0.3) is 11.8 Å². The molecule has 1 aliphatic heterocycles. The molecule has 0 radical (unpaired) electrons. The molecule has 170 valence electrons. The van der Waals surface area contributed by atoms with Crippen LogP contribution in [0.4, 0.5) is 8.78 Å². The molecule has 0 spiro atoms. The standard InChI is InChI=1S/C23H26F2N4O3/c1-20(2,30)19-28-18(29-32-19)14-9-17(11-26-10-14)23(31,21(3)12-27-13-21)16-7-5-15(6-8-16)22(4,24)25/h5-11,27,30-31H,12-13H2,1-4H3/t23-/m0/s1. The summed E-state index contributed by atoms with van der Waals surface area (Å²) in [6.07, 6.45) is 3.08. The van der Waals surface area contributed by atoms with Crippen LogP contribution in [0, 0.1) is 5.41 Å². The average molecular weight is 444 g/mol. The Kier molecular flexibility index (Phi) is 5.19. The van der Waals surface area contributed by atoms with Crippen molar-refractivity contribution in [1.29, 1.82) is 0 Å². The van der Waals surface area contributed by atoms with E-state index < -0.39 is 22.5 Å². The van der Waals surface area contributed by atoms with Crippen molar-refractivity contribution in [3.63, 3.8) is 0 Å². The quantitative estimate of drug-likeness (QED) is 0.536. The molecule has 3 N–H and O–H groups in total. The number of rotatable bonds is 6. The molecular weight excluding hydrogens is 418 g/mol. The highest BCUT2D eigenvalue weighted by Gasteiger charge is 2.53. The van der Waals surface area contributed by atoms with Gasteiger partial charge in [0.1, 0.15) is 11.2 Å². The Morgan fingerprint density at radius 2 is 1.62 bits per heavy atom. The predicted molar refractivity (Wildman–Crippen MR) is 113 cm³/mol. The molecule has 1 atom stereocenters. The second-order valence-corrected chi connectivity index (χ2v) is 9.28. The Bertz CT molecular complexity index is 1120. The summed E-state index contributed by atoms with van der Waals surface area (Å²) >= 11 is 0. The summed E-state index contributed by atoms with van der Waals surface area (Å²) in [5.41, 5.74) is -2.08. The fraction of sp³-hybridized carbons (Fsp3) is 0.435. The second kappa shape index (κ2) is 7.40. The van der Waals surface area contributed by atoms with Crippen molar-refractivity contribution in [2.24, 2.45) is 5.41 Å². The van der Waals surface area contributed by atoms with Crippen LogP contribution in [-0.2, 0) is 17.1 Å². The van der Waals surface area contributed by atoms with E-state index in [9.17, 15) is 19.0 Å². The van der Waals surface area contributed by atoms with Gasteiger partial charge >= 0.3 is 0 Å². The van der Waals surface area contributed by atoms with E-state index in [2.05, 4.69) is 20.4 Å². The zero-order valence-electron chi connectivity index (χ0n) is 18.4. The number of aromatic nitrogens is 3. The van der Waals surface area contributed by atoms with Gasteiger partial charge in [0.15, 0.2) is 0 Å². The molecular formula is C23H26F2N4O3. The molecule has 4 rings (SSSR count). The number of hydrogen-bond donors (Lipinski definition) is 3. The van der Waals surface area contributed by atoms with Gasteiger partial charge in [-0.3, -0.25) is 4.98 Å². The first-order valence-electron chi connectivity index (χ1n) is 10.3. The Morgan fingerprint density at radius 3 is 2.12 bits per heavy atom. The third kappa shape index (κ3) is 3.70. The second-order valence-electron chi connectivity index (χ2n) is 9.28. The van der Waals surface area contributed by atoms with Crippen LogP contribution < -0.4 is 5.32 Å². The zero-order valence-corrected chi connectivity index (χ0v) is 18.4. The molecule has 2 aromatic heterocycles. The van der Waals surface area contributed by atoms with E-state index in [1.54, 1.807) is 12.3 Å². The van der Waals surface area contributed by atoms with Crippen LogP contribution in [0.15, 0.2) is 47.2 Å². The van der Waals surface area contributed by atoms with Crippen LogP contribution in [0.1, 0.15) is 50.3 Å². The van der Waals surface area contributed by atoms with Gasteiger partial charge in [-0.2, -0.15) is 4.98 Å². The highest BCUT2D eigenvalue weighted by atomic mass is 19.3. The lowest BCUT2D eigenvalue weighted by Crippen LogP contribution is -2.63. The van der Waals surface area contributed by atoms with E-state index >= 15 is 0 Å². The van der Waals surface area contributed by atoms with Crippen LogP contribution in [0.2, 0.25) is 0 Å². The summed E-state index contributed by atoms with van der Waals surface area (Å²) in [5, 5.41) is 29.3. The number of benzene rings is 1. The molecule has 1 aromatic carbocycles. The van der Waals surface area contributed by atoms with E-state index in [4.69, 9.17) is 4.52 Å². The van der Waals surface area contributed by atoms with Gasteiger partial charge in [-0.1, -0.05) is 36.3 Å². The van der Waals surface area contributed by atoms with E-state index in [-0.39, 0.29) is 17.3 Å². The Balaban J connectivity index is 1.80. The van der Waals surface area contributed by atoms with Crippen LogP contribution >= 0.6 is 0 Å². The molecule has 0 amide bonds. The van der Waals surface area contributed by atoms with Crippen molar-refractivity contribution in [3.8, 4) is 11.4 Å². The summed E-state index contributed by atoms with van der Waals surface area (Å²) < 4.78 is 32.6. The number of nitrogens with one attached hydrogen (secondary N) is 1. The molecule has 7 nitrogen and oxygen atoms in total. The minimum atomic E-state index is -2.98. The number of halogens is 2. The fourth-order valence-electron chi connectivity index (χ4n) is 3.97. The van der Waals surface area contributed by atoms with Gasteiger partial charge in [-0.15, -0.1) is 0 Å². The molecule has 3 aromatic rings. The van der Waals surface area contributed by atoms with Gasteiger partial charge in [0, 0.05) is 54.5 Å². The third-order valence-electron chi connectivity index (χ3n) is 6.08. The topological polar surface area (TPSA) is 104 Å². The van der Waals surface area contributed by atoms with Gasteiger partial charge in [-0.05, 0) is 25.5 Å². The first-order chi connectivity index (χ1) is 14.8. The Labute approximate surface area is 184 Å². The predicted octanol–water partition coefficient (Wildman–Crippen LogP) is 3.32. The van der Waals surface area contributed by atoms with E-state index in [0.29, 0.717) is 29.8 Å². The van der Waals surface area contributed by atoms with Crippen LogP contribution in [-0.4, -0.2) is 38.4 Å². The number of hydrogen-bond acceptors (Lipinski definition) is 7. The van der Waals surface area contributed by atoms with Crippen molar-refractivity contribution in [2.75, 3.05) is 13.1 Å². The lowest BCUT2D eigenvalue weighted by Gasteiger charge is -2.52. The molecule has 3 heterocycles. The molecule has 32 heavy (non-hydrogen) atoms. The van der Waals surface area contributed by atoms with E-state index in [0.717, 1.165) is 6.92 Å². The number of nitrogens with zero attached hydrogens (tertiary/aromatic N) is 3. The zero-order chi connectivity index (χ0) is 23.4. The van der Waals surface area contributed by atoms with Crippen LogP contribution in [0.5, 0.6) is 0 Å². The number of aliphatic hydroxyl groups is 2. The molecule has 0 bridgehead atoms. The highest BCUT2D eigenvalue weighted by Crippen LogP contribution is 2.48. The lowest BCUT2D eigenvalue weighted by molar-refractivity contribution is -0.0770. The summed E-state index contributed by atoms with van der Waals surface area (Å²) in [6.45, 7) is 6.90. The van der Waals surface area contributed by atoms with Gasteiger partial charge in [-0.25, -0.2) is 8.78 Å². The van der Waals surface area contributed by atoms with Crippen molar-refractivity contribution in [1.82, 2.24) is 20.4 Å². The SMILES string of the molecule is CC(C)(O)c1nc(-c2cncc([C@@](O)(c3ccc(C(C)(F)F)cc3)C3(C)CNC3)c2)no1. The van der Waals surface area contributed by atoms with Crippen molar-refractivity contribution >= 4 is 0 Å². The van der Waals surface area contributed by atoms with Gasteiger partial charge in [0.05, 0.1) is 0 Å². The van der Waals surface area contributed by atoms with Crippen molar-refractivity contribution in [2.45, 2.75) is 44.8 Å². The summed E-state index contributed by atoms with van der Waals surface area (Å²) in [5.74, 6) is -2.70. The average Bonchev–Trinajstić information content (AvgIpc) is 3.22. The van der Waals surface area contributed by atoms with Gasteiger partial charge in [0.2, 0.25) is 5.82 Å². The molecule has 0 unspecified atom stereocenters. The molecule has 1 fully saturated rings. The third-order valence-corrected chi connectivity index (χ3v) is 6.08. The molecule has 1 aliphatic rings. The fourth-order valence-corrected chi connectivity index (χ4v) is 3.97. The minimum Gasteiger partial charge on any atom is -0.381 e. The highest BCUT2D eigenvalue weighted by molar-refractivity contribution is 5.56. The van der Waals surface area contributed by atoms with E-state index in [1.807, 2.05) is 6.92 Å². The number of pyridine rings is 1. The first kappa shape index (κ1) is 22.4. The summed E-state index contributed by atoms with van der Waals surface area (Å²) in [7, 11) is 0. The van der Waals surface area contributed by atoms with Gasteiger partial charge < -0.3 is 20.1 Å². The molecule has 0 saturated carbocycles. The monoisotopic (exact) mass is 444 g/mol. The molecule has 1 saturated heterocycles. The minimum absolute atomic E-state index is 0.0550. The number of alkyl halides is 2. The lowest BCUT2D eigenvalue weighted by atomic mass is 9.63. The maximum absolute atomic E-state index is 13.7. The summed E-state index contributed by atoms with van der Waals surface area (Å²) in [6, 6.07) is 7.44. The van der Waals surface area contributed by atoms with Crippen LogP contribution in [0.3, 0.4) is 0 Å². The summed E-state index contributed by atoms with van der Waals surface area (Å²) in [4.78, 5) is 8.51. The normalized spacial score (nSPS) is 18.1. The Hall–Kier alpha value is -2.75. The van der Waals surface area contributed by atoms with Crippen molar-refractivity contribution < 1.29 is 23.5 Å². The Morgan fingerprint density at radius 1 is 1.00 bits per heavy atom. The van der Waals surface area contributed by atoms with E-state index in [1.165, 1.54) is 44.3 Å². The van der Waals surface area contributed by atoms with Crippen molar-refractivity contribution in [3.05, 3.63) is 65.3 Å². The maximum Gasteiger partial charge on any atom is 0.270 e. The first-order valence-corrected chi connectivity index (χ1v) is 10.3. The smallest absolute Gasteiger partial charge is 0.270 e. The molecule has 9 heteroatoms.